The van der Waals surface area contributed by atoms with Gasteiger partial charge in [0.2, 0.25) is 0 Å². The van der Waals surface area contributed by atoms with Crippen molar-refractivity contribution in [3.05, 3.63) is 35.1 Å². The number of halogens is 1. The zero-order chi connectivity index (χ0) is 13.7. The number of carbonyl (C=O) groups is 1. The minimum atomic E-state index is -0.963. The number of aliphatic hydroxyl groups is 1. The Bertz CT molecular complexity index is 418. The Morgan fingerprint density at radius 2 is 2.11 bits per heavy atom. The molecule has 0 heterocycles. The van der Waals surface area contributed by atoms with E-state index in [1.807, 2.05) is 6.92 Å². The monoisotopic (exact) mass is 254 g/mol. The normalized spacial score (nSPS) is 14.1. The van der Waals surface area contributed by atoms with Gasteiger partial charge in [-0.15, -0.1) is 0 Å². The van der Waals surface area contributed by atoms with Gasteiger partial charge in [-0.3, -0.25) is 4.79 Å². The van der Waals surface area contributed by atoms with E-state index in [2.05, 4.69) is 0 Å². The number of rotatable bonds is 5. The predicted molar refractivity (Wildman–Crippen MR) is 66.5 cm³/mol. The minimum Gasteiger partial charge on any atom is -0.466 e. The summed E-state index contributed by atoms with van der Waals surface area (Å²) in [4.78, 5) is 11.7. The number of aliphatic hydroxyl groups excluding tert-OH is 1. The third-order valence-corrected chi connectivity index (χ3v) is 2.96. The van der Waals surface area contributed by atoms with Crippen molar-refractivity contribution in [2.24, 2.45) is 5.92 Å². The van der Waals surface area contributed by atoms with Gasteiger partial charge in [-0.25, -0.2) is 4.39 Å². The van der Waals surface area contributed by atoms with Crippen molar-refractivity contribution in [2.75, 3.05) is 6.61 Å². The molecule has 4 heteroatoms. The first kappa shape index (κ1) is 14.6. The Balaban J connectivity index is 2.96. The van der Waals surface area contributed by atoms with Crippen molar-refractivity contribution < 1.29 is 19.0 Å². The Labute approximate surface area is 107 Å². The molecule has 0 aliphatic carbocycles. The van der Waals surface area contributed by atoms with Gasteiger partial charge < -0.3 is 9.84 Å². The second-order valence-corrected chi connectivity index (χ2v) is 4.21. The molecule has 1 N–H and O–H groups in total. The van der Waals surface area contributed by atoms with Crippen molar-refractivity contribution in [1.82, 2.24) is 0 Å². The number of hydrogen-bond acceptors (Lipinski definition) is 3. The van der Waals surface area contributed by atoms with Gasteiger partial charge in [-0.05, 0) is 43.5 Å². The van der Waals surface area contributed by atoms with E-state index in [4.69, 9.17) is 4.74 Å². The molecule has 0 saturated carbocycles. The lowest BCUT2D eigenvalue weighted by atomic mass is 9.91. The molecule has 100 valence electrons. The van der Waals surface area contributed by atoms with Crippen LogP contribution in [-0.4, -0.2) is 17.7 Å². The van der Waals surface area contributed by atoms with E-state index >= 15 is 0 Å². The third kappa shape index (κ3) is 3.29. The first-order valence-corrected chi connectivity index (χ1v) is 6.12. The van der Waals surface area contributed by atoms with Crippen LogP contribution in [0.25, 0.3) is 0 Å². The lowest BCUT2D eigenvalue weighted by molar-refractivity contribution is -0.152. The summed E-state index contributed by atoms with van der Waals surface area (Å²) < 4.78 is 17.9. The summed E-state index contributed by atoms with van der Waals surface area (Å²) in [5.74, 6) is -1.39. The van der Waals surface area contributed by atoms with E-state index in [0.717, 1.165) is 0 Å². The van der Waals surface area contributed by atoms with Crippen LogP contribution in [0.4, 0.5) is 4.39 Å². The van der Waals surface area contributed by atoms with Gasteiger partial charge in [0, 0.05) is 0 Å². The average Bonchev–Trinajstić information content (AvgIpc) is 2.29. The van der Waals surface area contributed by atoms with Gasteiger partial charge >= 0.3 is 5.97 Å². The molecular weight excluding hydrogens is 235 g/mol. The fourth-order valence-corrected chi connectivity index (χ4v) is 1.96. The molecule has 0 aliphatic heterocycles. The third-order valence-electron chi connectivity index (χ3n) is 2.96. The minimum absolute atomic E-state index is 0.282. The maximum atomic E-state index is 13.0. The van der Waals surface area contributed by atoms with Gasteiger partial charge in [-0.2, -0.15) is 0 Å². The number of esters is 1. The van der Waals surface area contributed by atoms with Crippen LogP contribution in [0, 0.1) is 18.7 Å². The van der Waals surface area contributed by atoms with Gasteiger partial charge in [0.1, 0.15) is 5.82 Å². The number of benzene rings is 1. The van der Waals surface area contributed by atoms with E-state index in [9.17, 15) is 14.3 Å². The standard InChI is InChI=1S/C14H19FO3/c1-4-11(14(17)18-5-2)13(16)12-7-6-10(15)8-9(12)3/h6-8,11,13,16H,4-5H2,1-3H3. The second kappa shape index (κ2) is 6.50. The highest BCUT2D eigenvalue weighted by Crippen LogP contribution is 2.28. The van der Waals surface area contributed by atoms with Gasteiger partial charge in [0.15, 0.2) is 0 Å². The molecule has 1 aromatic rings. The van der Waals surface area contributed by atoms with Crippen LogP contribution in [0.5, 0.6) is 0 Å². The SMILES string of the molecule is CCOC(=O)C(CC)C(O)c1ccc(F)cc1C. The number of hydrogen-bond donors (Lipinski definition) is 1. The molecule has 0 radical (unpaired) electrons. The van der Waals surface area contributed by atoms with E-state index in [-0.39, 0.29) is 12.4 Å². The lowest BCUT2D eigenvalue weighted by Crippen LogP contribution is -2.24. The molecule has 0 amide bonds. The lowest BCUT2D eigenvalue weighted by Gasteiger charge is -2.21. The zero-order valence-electron chi connectivity index (χ0n) is 10.9. The van der Waals surface area contributed by atoms with Crippen LogP contribution in [0.15, 0.2) is 18.2 Å². The fraction of sp³-hybridized carbons (Fsp3) is 0.500. The van der Waals surface area contributed by atoms with Crippen molar-refractivity contribution in [3.8, 4) is 0 Å². The quantitative estimate of drug-likeness (QED) is 0.822. The Hall–Kier alpha value is -1.42. The molecule has 0 aromatic heterocycles. The van der Waals surface area contributed by atoms with Crippen molar-refractivity contribution in [1.29, 1.82) is 0 Å². The highest BCUT2D eigenvalue weighted by Gasteiger charge is 2.28. The molecule has 1 aromatic carbocycles. The van der Waals surface area contributed by atoms with Gasteiger partial charge in [0.05, 0.1) is 18.6 Å². The van der Waals surface area contributed by atoms with E-state index < -0.39 is 18.0 Å². The van der Waals surface area contributed by atoms with Crippen LogP contribution in [0.1, 0.15) is 37.5 Å². The molecule has 0 spiro atoms. The highest BCUT2D eigenvalue weighted by atomic mass is 19.1. The van der Waals surface area contributed by atoms with Crippen molar-refractivity contribution >= 4 is 5.97 Å². The summed E-state index contributed by atoms with van der Waals surface area (Å²) in [5, 5.41) is 10.2. The molecule has 0 fully saturated rings. The molecule has 3 nitrogen and oxygen atoms in total. The molecule has 0 bridgehead atoms. The smallest absolute Gasteiger partial charge is 0.311 e. The molecule has 2 atom stereocenters. The first-order chi connectivity index (χ1) is 8.51. The van der Waals surface area contributed by atoms with Crippen molar-refractivity contribution in [3.63, 3.8) is 0 Å². The number of ether oxygens (including phenoxy) is 1. The topological polar surface area (TPSA) is 46.5 Å². The predicted octanol–water partition coefficient (Wildman–Crippen LogP) is 2.76. The summed E-state index contributed by atoms with van der Waals surface area (Å²) in [5.41, 5.74) is 1.20. The fourth-order valence-electron chi connectivity index (χ4n) is 1.96. The summed E-state index contributed by atoms with van der Waals surface area (Å²) in [7, 11) is 0. The summed E-state index contributed by atoms with van der Waals surface area (Å²) in [6.07, 6.45) is -0.494. The van der Waals surface area contributed by atoms with Crippen molar-refractivity contribution in [2.45, 2.75) is 33.3 Å². The largest absolute Gasteiger partial charge is 0.466 e. The molecule has 0 aliphatic rings. The van der Waals surface area contributed by atoms with Crippen LogP contribution in [0.3, 0.4) is 0 Å². The van der Waals surface area contributed by atoms with Gasteiger partial charge in [-0.1, -0.05) is 13.0 Å². The number of carbonyl (C=O) groups excluding carboxylic acids is 1. The zero-order valence-corrected chi connectivity index (χ0v) is 10.9. The van der Waals surface area contributed by atoms with Gasteiger partial charge in [0.25, 0.3) is 0 Å². The summed E-state index contributed by atoms with van der Waals surface area (Å²) in [6, 6.07) is 4.14. The molecule has 2 unspecified atom stereocenters. The van der Waals surface area contributed by atoms with E-state index in [1.165, 1.54) is 18.2 Å². The van der Waals surface area contributed by atoms with E-state index in [0.29, 0.717) is 17.5 Å². The molecule has 0 saturated heterocycles. The summed E-state index contributed by atoms with van der Waals surface area (Å²) in [6.45, 7) is 5.52. The van der Waals surface area contributed by atoms with Crippen LogP contribution < -0.4 is 0 Å². The molecular formula is C14H19FO3. The molecule has 1 rings (SSSR count). The molecule has 18 heavy (non-hydrogen) atoms. The van der Waals surface area contributed by atoms with Crippen LogP contribution in [-0.2, 0) is 9.53 Å². The Morgan fingerprint density at radius 1 is 1.44 bits per heavy atom. The second-order valence-electron chi connectivity index (χ2n) is 4.21. The first-order valence-electron chi connectivity index (χ1n) is 6.12. The Kier molecular flexibility index (Phi) is 5.28. The van der Waals surface area contributed by atoms with Crippen LogP contribution >= 0.6 is 0 Å². The average molecular weight is 254 g/mol. The van der Waals surface area contributed by atoms with E-state index in [1.54, 1.807) is 13.8 Å². The Morgan fingerprint density at radius 3 is 2.61 bits per heavy atom. The van der Waals surface area contributed by atoms with Crippen LogP contribution in [0.2, 0.25) is 0 Å². The maximum Gasteiger partial charge on any atom is 0.311 e. The maximum absolute atomic E-state index is 13.0. The summed E-state index contributed by atoms with van der Waals surface area (Å²) >= 11 is 0. The highest BCUT2D eigenvalue weighted by molar-refractivity contribution is 5.73. The number of aryl methyl sites for hydroxylation is 1.